The van der Waals surface area contributed by atoms with Crippen LogP contribution in [0.5, 0.6) is 0 Å². The van der Waals surface area contributed by atoms with Gasteiger partial charge < -0.3 is 5.32 Å². The molecule has 22 heavy (non-hydrogen) atoms. The van der Waals surface area contributed by atoms with E-state index in [2.05, 4.69) is 5.32 Å². The van der Waals surface area contributed by atoms with Crippen molar-refractivity contribution in [3.8, 4) is 0 Å². The van der Waals surface area contributed by atoms with Crippen LogP contribution in [-0.4, -0.2) is 28.4 Å². The van der Waals surface area contributed by atoms with Crippen LogP contribution < -0.4 is 9.62 Å². The molecule has 0 atom stereocenters. The summed E-state index contributed by atoms with van der Waals surface area (Å²) in [7, 11) is -0.681. The Morgan fingerprint density at radius 1 is 1.05 bits per heavy atom. The first kappa shape index (κ1) is 16.3. The quantitative estimate of drug-likeness (QED) is 0.931. The highest BCUT2D eigenvalue weighted by Gasteiger charge is 2.21. The first-order valence-electron chi connectivity index (χ1n) is 6.43. The lowest BCUT2D eigenvalue weighted by Crippen LogP contribution is -2.26. The molecule has 0 aliphatic heterocycles. The van der Waals surface area contributed by atoms with Gasteiger partial charge in [-0.1, -0.05) is 11.6 Å². The zero-order valence-corrected chi connectivity index (χ0v) is 13.6. The summed E-state index contributed by atoms with van der Waals surface area (Å²) >= 11 is 5.77. The molecule has 2 aromatic carbocycles. The maximum atomic E-state index is 12.5. The molecule has 0 spiro atoms. The molecule has 2 rings (SSSR count). The van der Waals surface area contributed by atoms with E-state index < -0.39 is 10.0 Å². The maximum Gasteiger partial charge on any atom is 0.264 e. The fraction of sp³-hybridized carbons (Fsp3) is 0.133. The van der Waals surface area contributed by atoms with E-state index >= 15 is 0 Å². The van der Waals surface area contributed by atoms with Gasteiger partial charge in [0, 0.05) is 24.7 Å². The Kier molecular flexibility index (Phi) is 4.73. The third kappa shape index (κ3) is 3.23. The number of halogens is 1. The van der Waals surface area contributed by atoms with E-state index in [9.17, 15) is 13.2 Å². The van der Waals surface area contributed by atoms with E-state index in [0.29, 0.717) is 16.3 Å². The third-order valence-corrected chi connectivity index (χ3v) is 5.24. The molecule has 0 saturated heterocycles. The fourth-order valence-corrected chi connectivity index (χ4v) is 3.19. The fourth-order valence-electron chi connectivity index (χ4n) is 1.87. The second-order valence-electron chi connectivity index (χ2n) is 4.55. The smallest absolute Gasteiger partial charge is 0.264 e. The molecule has 0 radical (unpaired) electrons. The van der Waals surface area contributed by atoms with E-state index in [1.54, 1.807) is 24.3 Å². The topological polar surface area (TPSA) is 66.5 Å². The summed E-state index contributed by atoms with van der Waals surface area (Å²) in [5.74, 6) is -0.227. The van der Waals surface area contributed by atoms with Gasteiger partial charge in [0.05, 0.1) is 10.6 Å². The normalized spacial score (nSPS) is 11.0. The van der Waals surface area contributed by atoms with Gasteiger partial charge in [-0.25, -0.2) is 8.42 Å². The van der Waals surface area contributed by atoms with E-state index in [4.69, 9.17) is 11.6 Å². The zero-order chi connectivity index (χ0) is 16.3. The van der Waals surface area contributed by atoms with Crippen LogP contribution in [0, 0.1) is 0 Å². The van der Waals surface area contributed by atoms with Crippen molar-refractivity contribution in [3.63, 3.8) is 0 Å². The Morgan fingerprint density at radius 2 is 1.59 bits per heavy atom. The van der Waals surface area contributed by atoms with Crippen LogP contribution in [0.15, 0.2) is 53.4 Å². The lowest BCUT2D eigenvalue weighted by Gasteiger charge is -2.19. The summed E-state index contributed by atoms with van der Waals surface area (Å²) in [6, 6.07) is 12.3. The minimum Gasteiger partial charge on any atom is -0.355 e. The predicted octanol–water partition coefficient (Wildman–Crippen LogP) is 2.52. The van der Waals surface area contributed by atoms with Crippen LogP contribution >= 0.6 is 11.6 Å². The minimum absolute atomic E-state index is 0.148. The van der Waals surface area contributed by atoms with Gasteiger partial charge >= 0.3 is 0 Å². The number of rotatable bonds is 4. The number of carbonyl (C=O) groups is 1. The highest BCUT2D eigenvalue weighted by molar-refractivity contribution is 7.92. The SMILES string of the molecule is CNC(=O)c1ccc(N(C)S(=O)(=O)c2ccc(Cl)cc2)cc1. The van der Waals surface area contributed by atoms with Crippen LogP contribution in [0.3, 0.4) is 0 Å². The first-order valence-corrected chi connectivity index (χ1v) is 8.24. The number of benzene rings is 2. The van der Waals surface area contributed by atoms with Gasteiger partial charge in [0.25, 0.3) is 15.9 Å². The largest absolute Gasteiger partial charge is 0.355 e. The summed E-state index contributed by atoms with van der Waals surface area (Å²) < 4.78 is 26.2. The summed E-state index contributed by atoms with van der Waals surface area (Å²) in [6.45, 7) is 0. The number of hydrogen-bond acceptors (Lipinski definition) is 3. The van der Waals surface area contributed by atoms with Gasteiger partial charge in [0.2, 0.25) is 0 Å². The van der Waals surface area contributed by atoms with Gasteiger partial charge in [-0.2, -0.15) is 0 Å². The zero-order valence-electron chi connectivity index (χ0n) is 12.1. The van der Waals surface area contributed by atoms with Gasteiger partial charge in [-0.15, -0.1) is 0 Å². The Balaban J connectivity index is 2.32. The van der Waals surface area contributed by atoms with Gasteiger partial charge in [0.15, 0.2) is 0 Å². The molecule has 0 aliphatic rings. The number of hydrogen-bond donors (Lipinski definition) is 1. The Hall–Kier alpha value is -2.05. The van der Waals surface area contributed by atoms with Crippen LogP contribution in [-0.2, 0) is 10.0 Å². The molecule has 0 bridgehead atoms. The lowest BCUT2D eigenvalue weighted by atomic mass is 10.2. The Bertz CT molecular complexity index is 771. The molecule has 7 heteroatoms. The van der Waals surface area contributed by atoms with Gasteiger partial charge in [-0.05, 0) is 48.5 Å². The molecule has 5 nitrogen and oxygen atoms in total. The average Bonchev–Trinajstić information content (AvgIpc) is 2.54. The number of anilines is 1. The molecule has 1 amide bonds. The van der Waals surface area contributed by atoms with Crippen molar-refractivity contribution in [2.75, 3.05) is 18.4 Å². The molecular formula is C15H15ClN2O3S. The molecule has 0 heterocycles. The van der Waals surface area contributed by atoms with Crippen LogP contribution in [0.2, 0.25) is 5.02 Å². The summed E-state index contributed by atoms with van der Waals surface area (Å²) in [4.78, 5) is 11.6. The highest BCUT2D eigenvalue weighted by Crippen LogP contribution is 2.23. The van der Waals surface area contributed by atoms with Gasteiger partial charge in [-0.3, -0.25) is 9.10 Å². The number of nitrogens with zero attached hydrogens (tertiary/aromatic N) is 1. The second kappa shape index (κ2) is 6.37. The molecule has 0 fully saturated rings. The van der Waals surface area contributed by atoms with Crippen LogP contribution in [0.4, 0.5) is 5.69 Å². The van der Waals surface area contributed by atoms with Crippen molar-refractivity contribution < 1.29 is 13.2 Å². The van der Waals surface area contributed by atoms with E-state index in [1.807, 2.05) is 0 Å². The van der Waals surface area contributed by atoms with E-state index in [1.165, 1.54) is 38.4 Å². The number of carbonyl (C=O) groups excluding carboxylic acids is 1. The monoisotopic (exact) mass is 338 g/mol. The number of amides is 1. The van der Waals surface area contributed by atoms with Gasteiger partial charge in [0.1, 0.15) is 0 Å². The van der Waals surface area contributed by atoms with Crippen LogP contribution in [0.25, 0.3) is 0 Å². The molecular weight excluding hydrogens is 324 g/mol. The summed E-state index contributed by atoms with van der Waals surface area (Å²) in [5, 5.41) is 2.98. The lowest BCUT2D eigenvalue weighted by molar-refractivity contribution is 0.0963. The third-order valence-electron chi connectivity index (χ3n) is 3.19. The Labute approximate surface area is 134 Å². The van der Waals surface area contributed by atoms with E-state index in [-0.39, 0.29) is 10.8 Å². The second-order valence-corrected chi connectivity index (χ2v) is 6.96. The van der Waals surface area contributed by atoms with Crippen molar-refractivity contribution in [2.45, 2.75) is 4.90 Å². The number of sulfonamides is 1. The summed E-state index contributed by atoms with van der Waals surface area (Å²) in [6.07, 6.45) is 0. The van der Waals surface area contributed by atoms with E-state index in [0.717, 1.165) is 4.31 Å². The average molecular weight is 339 g/mol. The number of nitrogens with one attached hydrogen (secondary N) is 1. The minimum atomic E-state index is -3.67. The summed E-state index contributed by atoms with van der Waals surface area (Å²) in [5.41, 5.74) is 0.922. The van der Waals surface area contributed by atoms with Crippen LogP contribution in [0.1, 0.15) is 10.4 Å². The maximum absolute atomic E-state index is 12.5. The molecule has 0 saturated carbocycles. The molecule has 0 aliphatic carbocycles. The van der Waals surface area contributed by atoms with Crippen molar-refractivity contribution in [1.29, 1.82) is 0 Å². The molecule has 2 aromatic rings. The standard InChI is InChI=1S/C15H15ClN2O3S/c1-17-15(19)11-3-7-13(8-4-11)18(2)22(20,21)14-9-5-12(16)6-10-14/h3-10H,1-2H3,(H,17,19). The first-order chi connectivity index (χ1) is 10.4. The molecule has 0 unspecified atom stereocenters. The molecule has 1 N–H and O–H groups in total. The van der Waals surface area contributed by atoms with Crippen molar-refractivity contribution >= 4 is 33.2 Å². The molecule has 0 aromatic heterocycles. The molecule has 116 valence electrons. The van der Waals surface area contributed by atoms with Crippen molar-refractivity contribution in [3.05, 3.63) is 59.1 Å². The van der Waals surface area contributed by atoms with Crippen molar-refractivity contribution in [2.24, 2.45) is 0 Å². The predicted molar refractivity (Wildman–Crippen MR) is 86.9 cm³/mol. The van der Waals surface area contributed by atoms with Crippen molar-refractivity contribution in [1.82, 2.24) is 5.32 Å². The highest BCUT2D eigenvalue weighted by atomic mass is 35.5. The Morgan fingerprint density at radius 3 is 2.09 bits per heavy atom.